The smallest absolute Gasteiger partial charge is 0.421 e. The number of hydrogen-bond donors (Lipinski definition) is 1. The van der Waals surface area contributed by atoms with Gasteiger partial charge in [-0.2, -0.15) is 4.99 Å². The molecule has 4 aromatic rings. The fourth-order valence-corrected chi connectivity index (χ4v) is 4.62. The fraction of sp³-hybridized carbons (Fsp3) is 0.121. The number of guanidine groups is 1. The third-order valence-corrected chi connectivity index (χ3v) is 6.60. The lowest BCUT2D eigenvalue weighted by molar-refractivity contribution is 0.123. The minimum Gasteiger partial charge on any atom is -0.497 e. The third kappa shape index (κ3) is 6.45. The van der Waals surface area contributed by atoms with Crippen LogP contribution >= 0.6 is 0 Å². The number of methoxy groups -OCH3 is 1. The Labute approximate surface area is 239 Å². The van der Waals surface area contributed by atoms with Gasteiger partial charge in [0.1, 0.15) is 12.4 Å². The standard InChI is InChI=1S/C33H30N4O4/c1-36-30(26-18-20-28(40-2)21-19-26)29(22-24-12-6-3-7-13-24)37(33(39)41-23-25-14-8-4-9-15-25)32(36)35-31(38)34-27-16-10-5-11-17-27/h3-22,30H,23H2,1-2H3,(H,34,38)/b29-22-,35-32?. The zero-order valence-electron chi connectivity index (χ0n) is 22.8. The van der Waals surface area contributed by atoms with Gasteiger partial charge in [0.25, 0.3) is 0 Å². The molecule has 1 saturated heterocycles. The third-order valence-electron chi connectivity index (χ3n) is 6.60. The molecule has 0 aliphatic carbocycles. The molecule has 1 heterocycles. The van der Waals surface area contributed by atoms with E-state index in [2.05, 4.69) is 10.3 Å². The number of aliphatic imine (C=N–C) groups is 1. The van der Waals surface area contributed by atoms with Crippen LogP contribution in [0.25, 0.3) is 6.08 Å². The van der Waals surface area contributed by atoms with Gasteiger partial charge < -0.3 is 19.7 Å². The number of carbonyl (C=O) groups is 2. The molecule has 206 valence electrons. The molecule has 1 atom stereocenters. The Kier molecular flexibility index (Phi) is 8.40. The first-order valence-corrected chi connectivity index (χ1v) is 13.1. The van der Waals surface area contributed by atoms with Crippen molar-refractivity contribution in [1.29, 1.82) is 0 Å². The highest BCUT2D eigenvalue weighted by molar-refractivity contribution is 6.07. The summed E-state index contributed by atoms with van der Waals surface area (Å²) in [5.74, 6) is 0.845. The second-order valence-corrected chi connectivity index (χ2v) is 9.35. The molecule has 1 aliphatic rings. The van der Waals surface area contributed by atoms with Gasteiger partial charge in [0.2, 0.25) is 5.96 Å². The number of ether oxygens (including phenoxy) is 2. The molecule has 1 fully saturated rings. The Balaban J connectivity index is 1.58. The Morgan fingerprint density at radius 3 is 2.10 bits per heavy atom. The molecule has 0 saturated carbocycles. The highest BCUT2D eigenvalue weighted by Gasteiger charge is 2.44. The fourth-order valence-electron chi connectivity index (χ4n) is 4.62. The van der Waals surface area contributed by atoms with E-state index in [9.17, 15) is 9.59 Å². The van der Waals surface area contributed by atoms with Crippen LogP contribution in [0.5, 0.6) is 5.75 Å². The summed E-state index contributed by atoms with van der Waals surface area (Å²) in [4.78, 5) is 34.4. The Hall–Kier alpha value is -5.37. The van der Waals surface area contributed by atoms with Crippen molar-refractivity contribution in [3.63, 3.8) is 0 Å². The molecule has 0 radical (unpaired) electrons. The summed E-state index contributed by atoms with van der Waals surface area (Å²) in [5, 5.41) is 2.77. The van der Waals surface area contributed by atoms with Crippen molar-refractivity contribution in [2.45, 2.75) is 12.6 Å². The van der Waals surface area contributed by atoms with Crippen LogP contribution in [0.1, 0.15) is 22.7 Å². The van der Waals surface area contributed by atoms with Crippen molar-refractivity contribution in [1.82, 2.24) is 9.80 Å². The van der Waals surface area contributed by atoms with Gasteiger partial charge in [0.05, 0.1) is 18.8 Å². The second kappa shape index (κ2) is 12.7. The van der Waals surface area contributed by atoms with E-state index in [1.54, 1.807) is 31.2 Å². The predicted octanol–water partition coefficient (Wildman–Crippen LogP) is 6.95. The summed E-state index contributed by atoms with van der Waals surface area (Å²) in [7, 11) is 3.41. The maximum absolute atomic E-state index is 13.8. The average molecular weight is 547 g/mol. The van der Waals surface area contributed by atoms with Crippen molar-refractivity contribution in [3.8, 4) is 5.75 Å². The van der Waals surface area contributed by atoms with E-state index in [4.69, 9.17) is 9.47 Å². The number of para-hydroxylation sites is 1. The van der Waals surface area contributed by atoms with Gasteiger partial charge >= 0.3 is 12.1 Å². The minimum absolute atomic E-state index is 0.0647. The summed E-state index contributed by atoms with van der Waals surface area (Å²) < 4.78 is 11.1. The van der Waals surface area contributed by atoms with Crippen LogP contribution in [0.15, 0.2) is 126 Å². The Morgan fingerprint density at radius 1 is 0.854 bits per heavy atom. The van der Waals surface area contributed by atoms with Crippen molar-refractivity contribution in [2.24, 2.45) is 4.99 Å². The molecule has 1 unspecified atom stereocenters. The van der Waals surface area contributed by atoms with E-state index in [0.29, 0.717) is 17.1 Å². The number of urea groups is 1. The summed E-state index contributed by atoms with van der Waals surface area (Å²) in [6.45, 7) is 0.0647. The first-order valence-electron chi connectivity index (χ1n) is 13.1. The summed E-state index contributed by atoms with van der Waals surface area (Å²) in [5.41, 5.74) is 3.78. The van der Waals surface area contributed by atoms with Crippen LogP contribution in [-0.2, 0) is 11.3 Å². The van der Waals surface area contributed by atoms with Crippen molar-refractivity contribution in [3.05, 3.63) is 138 Å². The number of amides is 3. The van der Waals surface area contributed by atoms with Gasteiger partial charge in [-0.3, -0.25) is 0 Å². The molecule has 0 spiro atoms. The van der Waals surface area contributed by atoms with Gasteiger partial charge in [-0.15, -0.1) is 0 Å². The molecule has 0 aromatic heterocycles. The normalized spacial score (nSPS) is 16.6. The summed E-state index contributed by atoms with van der Waals surface area (Å²) >= 11 is 0. The second-order valence-electron chi connectivity index (χ2n) is 9.35. The zero-order valence-corrected chi connectivity index (χ0v) is 22.8. The maximum Gasteiger partial charge on any atom is 0.421 e. The molecule has 5 rings (SSSR count). The first-order chi connectivity index (χ1) is 20.0. The van der Waals surface area contributed by atoms with Gasteiger partial charge in [-0.25, -0.2) is 14.5 Å². The number of nitrogens with zero attached hydrogens (tertiary/aromatic N) is 3. The number of nitrogens with one attached hydrogen (secondary N) is 1. The van der Waals surface area contributed by atoms with Crippen LogP contribution in [0, 0.1) is 0 Å². The van der Waals surface area contributed by atoms with Crippen LogP contribution in [0.3, 0.4) is 0 Å². The number of likely N-dealkylation sites (N-methyl/N-ethyl adjacent to an activating group) is 1. The minimum atomic E-state index is -0.648. The molecule has 41 heavy (non-hydrogen) atoms. The van der Waals surface area contributed by atoms with Gasteiger partial charge in [-0.1, -0.05) is 91.0 Å². The van der Waals surface area contributed by atoms with Crippen molar-refractivity contribution >= 4 is 29.8 Å². The summed E-state index contributed by atoms with van der Waals surface area (Å²) in [6, 6.07) is 34.6. The maximum atomic E-state index is 13.8. The van der Waals surface area contributed by atoms with Crippen LogP contribution in [0.2, 0.25) is 0 Å². The lowest BCUT2D eigenvalue weighted by Crippen LogP contribution is -2.37. The van der Waals surface area contributed by atoms with Crippen molar-refractivity contribution in [2.75, 3.05) is 19.5 Å². The Bertz CT molecular complexity index is 1540. The SMILES string of the molecule is COc1ccc(C2/C(=C/c3ccccc3)N(C(=O)OCc3ccccc3)C(=NC(=O)Nc3ccccc3)N2C)cc1. The molecular weight excluding hydrogens is 516 g/mol. The van der Waals surface area contributed by atoms with E-state index < -0.39 is 18.2 Å². The molecular formula is C33H30N4O4. The average Bonchev–Trinajstić information content (AvgIpc) is 3.27. The molecule has 8 heteroatoms. The number of rotatable bonds is 6. The molecule has 1 aliphatic heterocycles. The van der Waals surface area contributed by atoms with Crippen molar-refractivity contribution < 1.29 is 19.1 Å². The highest BCUT2D eigenvalue weighted by Crippen LogP contribution is 2.39. The quantitative estimate of drug-likeness (QED) is 0.283. The number of hydrogen-bond acceptors (Lipinski definition) is 4. The number of carbonyl (C=O) groups excluding carboxylic acids is 2. The predicted molar refractivity (Wildman–Crippen MR) is 159 cm³/mol. The molecule has 1 N–H and O–H groups in total. The van der Waals surface area contributed by atoms with E-state index in [1.165, 1.54) is 4.90 Å². The van der Waals surface area contributed by atoms with Crippen LogP contribution < -0.4 is 10.1 Å². The van der Waals surface area contributed by atoms with E-state index >= 15 is 0 Å². The summed E-state index contributed by atoms with van der Waals surface area (Å²) in [6.07, 6.45) is 1.26. The lowest BCUT2D eigenvalue weighted by Gasteiger charge is -2.21. The van der Waals surface area contributed by atoms with Gasteiger partial charge in [0.15, 0.2) is 0 Å². The van der Waals surface area contributed by atoms with Gasteiger partial charge in [-0.05, 0) is 47.0 Å². The number of anilines is 1. The largest absolute Gasteiger partial charge is 0.497 e. The molecule has 8 nitrogen and oxygen atoms in total. The lowest BCUT2D eigenvalue weighted by atomic mass is 10.0. The number of benzene rings is 4. The zero-order chi connectivity index (χ0) is 28.6. The van der Waals surface area contributed by atoms with E-state index in [-0.39, 0.29) is 12.6 Å². The van der Waals surface area contributed by atoms with E-state index in [1.807, 2.05) is 109 Å². The Morgan fingerprint density at radius 2 is 1.46 bits per heavy atom. The first kappa shape index (κ1) is 27.2. The highest BCUT2D eigenvalue weighted by atomic mass is 16.6. The van der Waals surface area contributed by atoms with Crippen LogP contribution in [0.4, 0.5) is 15.3 Å². The monoisotopic (exact) mass is 546 g/mol. The molecule has 4 aromatic carbocycles. The van der Waals surface area contributed by atoms with Crippen LogP contribution in [-0.4, -0.2) is 42.0 Å². The molecule has 3 amide bonds. The van der Waals surface area contributed by atoms with Gasteiger partial charge in [0, 0.05) is 12.7 Å². The van der Waals surface area contributed by atoms with E-state index in [0.717, 1.165) is 16.7 Å². The molecule has 0 bridgehead atoms. The topological polar surface area (TPSA) is 83.5 Å².